The molecular weight excluding hydrogens is 222 g/mol. The molecule has 1 heterocycles. The van der Waals surface area contributed by atoms with Gasteiger partial charge >= 0.3 is 0 Å². The highest BCUT2D eigenvalue weighted by molar-refractivity contribution is 7.09. The second-order valence-corrected chi connectivity index (χ2v) is 4.78. The van der Waals surface area contributed by atoms with Crippen molar-refractivity contribution >= 4 is 17.2 Å². The van der Waals surface area contributed by atoms with Crippen LogP contribution >= 0.6 is 11.3 Å². The van der Waals surface area contributed by atoms with Crippen LogP contribution in [0.15, 0.2) is 11.6 Å². The number of hydrogen-bond donors (Lipinski definition) is 2. The standard InChI is InChI=1S/C11H19N3OS/c1-4-8(2)13-7-10(15)14-9(3)11-12-5-6-16-11/h5-6,8-9,13H,4,7H2,1-3H3,(H,14,15). The SMILES string of the molecule is CCC(C)NCC(=O)NC(C)c1nccs1. The van der Waals surface area contributed by atoms with E-state index in [4.69, 9.17) is 0 Å². The summed E-state index contributed by atoms with van der Waals surface area (Å²) in [4.78, 5) is 15.7. The molecule has 1 aromatic rings. The largest absolute Gasteiger partial charge is 0.346 e. The fourth-order valence-corrected chi connectivity index (χ4v) is 1.86. The summed E-state index contributed by atoms with van der Waals surface area (Å²) in [6.45, 7) is 6.47. The summed E-state index contributed by atoms with van der Waals surface area (Å²) in [7, 11) is 0. The minimum Gasteiger partial charge on any atom is -0.346 e. The summed E-state index contributed by atoms with van der Waals surface area (Å²) in [6.07, 6.45) is 2.77. The average molecular weight is 241 g/mol. The Morgan fingerprint density at radius 3 is 2.88 bits per heavy atom. The van der Waals surface area contributed by atoms with Gasteiger partial charge in [-0.15, -0.1) is 11.3 Å². The summed E-state index contributed by atoms with van der Waals surface area (Å²) in [5, 5.41) is 8.92. The maximum atomic E-state index is 11.6. The number of hydrogen-bond acceptors (Lipinski definition) is 4. The van der Waals surface area contributed by atoms with E-state index in [-0.39, 0.29) is 11.9 Å². The summed E-state index contributed by atoms with van der Waals surface area (Å²) in [6, 6.07) is 0.368. The monoisotopic (exact) mass is 241 g/mol. The van der Waals surface area contributed by atoms with Gasteiger partial charge < -0.3 is 10.6 Å². The summed E-state index contributed by atoms with van der Waals surface area (Å²) < 4.78 is 0. The molecule has 1 rings (SSSR count). The summed E-state index contributed by atoms with van der Waals surface area (Å²) in [5.74, 6) is 0.0167. The maximum absolute atomic E-state index is 11.6. The smallest absolute Gasteiger partial charge is 0.234 e. The number of nitrogens with one attached hydrogen (secondary N) is 2. The molecule has 0 spiro atoms. The quantitative estimate of drug-likeness (QED) is 0.797. The third-order valence-corrected chi connectivity index (χ3v) is 3.38. The Labute approximate surface area is 100 Å². The number of thiazole rings is 1. The molecule has 0 saturated heterocycles. The molecule has 0 aromatic carbocycles. The van der Waals surface area contributed by atoms with Gasteiger partial charge in [-0.05, 0) is 20.3 Å². The van der Waals surface area contributed by atoms with Gasteiger partial charge in [0.25, 0.3) is 0 Å². The van der Waals surface area contributed by atoms with Gasteiger partial charge in [0.05, 0.1) is 12.6 Å². The van der Waals surface area contributed by atoms with Crippen molar-refractivity contribution in [3.05, 3.63) is 16.6 Å². The molecule has 2 unspecified atom stereocenters. The van der Waals surface area contributed by atoms with Gasteiger partial charge in [-0.3, -0.25) is 4.79 Å². The fourth-order valence-electron chi connectivity index (χ4n) is 1.21. The van der Waals surface area contributed by atoms with Crippen LogP contribution in [-0.2, 0) is 4.79 Å². The molecule has 2 N–H and O–H groups in total. The van der Waals surface area contributed by atoms with Gasteiger partial charge in [0.1, 0.15) is 5.01 Å². The molecule has 0 bridgehead atoms. The molecule has 2 atom stereocenters. The zero-order chi connectivity index (χ0) is 12.0. The molecule has 0 saturated carbocycles. The fraction of sp³-hybridized carbons (Fsp3) is 0.636. The lowest BCUT2D eigenvalue weighted by molar-refractivity contribution is -0.121. The van der Waals surface area contributed by atoms with Crippen LogP contribution in [0.3, 0.4) is 0 Å². The third-order valence-electron chi connectivity index (χ3n) is 2.42. The van der Waals surface area contributed by atoms with Gasteiger partial charge in [-0.2, -0.15) is 0 Å². The van der Waals surface area contributed by atoms with Crippen LogP contribution in [0.25, 0.3) is 0 Å². The Morgan fingerprint density at radius 2 is 2.31 bits per heavy atom. The van der Waals surface area contributed by atoms with Gasteiger partial charge in [0, 0.05) is 17.6 Å². The van der Waals surface area contributed by atoms with Gasteiger partial charge in [-0.25, -0.2) is 4.98 Å². The number of rotatable bonds is 6. The van der Waals surface area contributed by atoms with Crippen LogP contribution < -0.4 is 10.6 Å². The van der Waals surface area contributed by atoms with Crippen LogP contribution in [0.1, 0.15) is 38.2 Å². The molecule has 0 radical (unpaired) electrons. The highest BCUT2D eigenvalue weighted by Crippen LogP contribution is 2.14. The number of aromatic nitrogens is 1. The van der Waals surface area contributed by atoms with Crippen molar-refractivity contribution in [3.8, 4) is 0 Å². The van der Waals surface area contributed by atoms with Gasteiger partial charge in [0.2, 0.25) is 5.91 Å². The number of amides is 1. The highest BCUT2D eigenvalue weighted by Gasteiger charge is 2.11. The Kier molecular flexibility index (Phi) is 5.42. The van der Waals surface area contributed by atoms with Crippen molar-refractivity contribution < 1.29 is 4.79 Å². The van der Waals surface area contributed by atoms with Crippen LogP contribution in [0.4, 0.5) is 0 Å². The van der Waals surface area contributed by atoms with E-state index in [1.165, 1.54) is 0 Å². The lowest BCUT2D eigenvalue weighted by Gasteiger charge is -2.14. The first-order chi connectivity index (χ1) is 7.63. The van der Waals surface area contributed by atoms with Crippen LogP contribution in [0, 0.1) is 0 Å². The van der Waals surface area contributed by atoms with E-state index in [9.17, 15) is 4.79 Å². The number of carbonyl (C=O) groups is 1. The van der Waals surface area contributed by atoms with Crippen LogP contribution in [0.2, 0.25) is 0 Å². The molecule has 1 aromatic heterocycles. The highest BCUT2D eigenvalue weighted by atomic mass is 32.1. The lowest BCUT2D eigenvalue weighted by Crippen LogP contribution is -2.38. The summed E-state index contributed by atoms with van der Waals surface area (Å²) in [5.41, 5.74) is 0. The second kappa shape index (κ2) is 6.60. The zero-order valence-corrected chi connectivity index (χ0v) is 10.8. The van der Waals surface area contributed by atoms with E-state index in [0.29, 0.717) is 12.6 Å². The lowest BCUT2D eigenvalue weighted by atomic mass is 10.2. The molecule has 1 amide bonds. The molecule has 90 valence electrons. The minimum atomic E-state index is -0.00812. The molecular formula is C11H19N3OS. The Bertz CT molecular complexity index is 313. The number of nitrogens with zero attached hydrogens (tertiary/aromatic N) is 1. The molecule has 5 heteroatoms. The van der Waals surface area contributed by atoms with Crippen molar-refractivity contribution in [2.75, 3.05) is 6.54 Å². The first kappa shape index (κ1) is 13.1. The normalized spacial score (nSPS) is 14.4. The van der Waals surface area contributed by atoms with Crippen LogP contribution in [0.5, 0.6) is 0 Å². The second-order valence-electron chi connectivity index (χ2n) is 3.85. The molecule has 0 aliphatic carbocycles. The first-order valence-electron chi connectivity index (χ1n) is 5.55. The Balaban J connectivity index is 2.29. The van der Waals surface area contributed by atoms with E-state index < -0.39 is 0 Å². The van der Waals surface area contributed by atoms with E-state index in [2.05, 4.69) is 29.5 Å². The molecule has 0 aliphatic rings. The van der Waals surface area contributed by atoms with Crippen molar-refractivity contribution in [2.24, 2.45) is 0 Å². The molecule has 0 aliphatic heterocycles. The molecule has 0 fully saturated rings. The minimum absolute atomic E-state index is 0.00812. The van der Waals surface area contributed by atoms with Crippen molar-refractivity contribution in [1.29, 1.82) is 0 Å². The topological polar surface area (TPSA) is 54.0 Å². The third kappa shape index (κ3) is 4.28. The Hall–Kier alpha value is -0.940. The van der Waals surface area contributed by atoms with E-state index in [1.54, 1.807) is 17.5 Å². The first-order valence-corrected chi connectivity index (χ1v) is 6.43. The molecule has 16 heavy (non-hydrogen) atoms. The van der Waals surface area contributed by atoms with E-state index in [0.717, 1.165) is 11.4 Å². The number of carbonyl (C=O) groups excluding carboxylic acids is 1. The van der Waals surface area contributed by atoms with Crippen molar-refractivity contribution in [1.82, 2.24) is 15.6 Å². The van der Waals surface area contributed by atoms with Crippen LogP contribution in [-0.4, -0.2) is 23.5 Å². The van der Waals surface area contributed by atoms with E-state index in [1.807, 2.05) is 12.3 Å². The molecule has 4 nitrogen and oxygen atoms in total. The maximum Gasteiger partial charge on any atom is 0.234 e. The predicted octanol–water partition coefficient (Wildman–Crippen LogP) is 1.71. The van der Waals surface area contributed by atoms with Gasteiger partial charge in [0.15, 0.2) is 0 Å². The Morgan fingerprint density at radius 1 is 1.56 bits per heavy atom. The van der Waals surface area contributed by atoms with Crippen molar-refractivity contribution in [3.63, 3.8) is 0 Å². The average Bonchev–Trinajstić information content (AvgIpc) is 2.79. The van der Waals surface area contributed by atoms with Crippen molar-refractivity contribution in [2.45, 2.75) is 39.3 Å². The zero-order valence-electron chi connectivity index (χ0n) is 9.99. The summed E-state index contributed by atoms with van der Waals surface area (Å²) >= 11 is 1.56. The predicted molar refractivity (Wildman–Crippen MR) is 66.4 cm³/mol. The van der Waals surface area contributed by atoms with E-state index >= 15 is 0 Å². The van der Waals surface area contributed by atoms with Gasteiger partial charge in [-0.1, -0.05) is 6.92 Å².